The molecule has 202 valence electrons. The third-order valence-electron chi connectivity index (χ3n) is 8.44. The molecule has 0 bridgehead atoms. The number of thiophene rings is 1. The maximum absolute atomic E-state index is 6.47. The van der Waals surface area contributed by atoms with Gasteiger partial charge in [0.25, 0.3) is 0 Å². The minimum atomic E-state index is 0.899. The lowest BCUT2D eigenvalue weighted by atomic mass is 9.96. The fraction of sp³-hybridized carbons (Fsp3) is 0. The molecule has 0 aliphatic rings. The number of nitrogens with zero attached hydrogens (tertiary/aromatic N) is 1. The Labute approximate surface area is 252 Å². The lowest BCUT2D eigenvalue weighted by Gasteiger charge is -2.28. The summed E-state index contributed by atoms with van der Waals surface area (Å²) in [7, 11) is 0. The smallest absolute Gasteiger partial charge is 0.136 e. The number of hydrogen-bond donors (Lipinski definition) is 0. The van der Waals surface area contributed by atoms with Gasteiger partial charge in [-0.05, 0) is 64.9 Å². The van der Waals surface area contributed by atoms with E-state index in [0.29, 0.717) is 0 Å². The maximum atomic E-state index is 6.47. The molecule has 3 heteroatoms. The Balaban J connectivity index is 1.34. The van der Waals surface area contributed by atoms with Gasteiger partial charge in [0.05, 0.1) is 16.1 Å². The van der Waals surface area contributed by atoms with Crippen molar-refractivity contribution in [3.05, 3.63) is 152 Å². The second-order valence-electron chi connectivity index (χ2n) is 10.9. The molecular formula is C40H25NOS. The van der Waals surface area contributed by atoms with E-state index in [1.54, 1.807) is 0 Å². The first kappa shape index (κ1) is 24.2. The summed E-state index contributed by atoms with van der Waals surface area (Å²) in [5, 5.41) is 7.26. The van der Waals surface area contributed by atoms with Crippen LogP contribution in [-0.2, 0) is 0 Å². The minimum absolute atomic E-state index is 0.899. The number of anilines is 3. The zero-order valence-electron chi connectivity index (χ0n) is 23.2. The van der Waals surface area contributed by atoms with Gasteiger partial charge in [-0.25, -0.2) is 0 Å². The van der Waals surface area contributed by atoms with E-state index in [9.17, 15) is 0 Å². The molecule has 43 heavy (non-hydrogen) atoms. The van der Waals surface area contributed by atoms with E-state index in [4.69, 9.17) is 4.42 Å². The van der Waals surface area contributed by atoms with Crippen molar-refractivity contribution in [2.24, 2.45) is 0 Å². The molecule has 2 aromatic heterocycles. The second kappa shape index (κ2) is 9.59. The first-order valence-electron chi connectivity index (χ1n) is 14.5. The summed E-state index contributed by atoms with van der Waals surface area (Å²) < 4.78 is 9.05. The summed E-state index contributed by atoms with van der Waals surface area (Å²) in [5.74, 6) is 0. The van der Waals surface area contributed by atoms with Gasteiger partial charge in [0.1, 0.15) is 11.2 Å². The Kier molecular flexibility index (Phi) is 5.40. The molecule has 9 aromatic rings. The molecule has 9 rings (SSSR count). The molecule has 0 amide bonds. The first-order valence-corrected chi connectivity index (χ1v) is 15.3. The zero-order valence-corrected chi connectivity index (χ0v) is 24.0. The van der Waals surface area contributed by atoms with Crippen LogP contribution in [0.1, 0.15) is 0 Å². The van der Waals surface area contributed by atoms with Gasteiger partial charge in [-0.15, -0.1) is 11.3 Å². The molecule has 0 saturated carbocycles. The highest BCUT2D eigenvalue weighted by Gasteiger charge is 2.22. The molecule has 0 aliphatic carbocycles. The molecule has 7 aromatic carbocycles. The number of furan rings is 1. The third-order valence-corrected chi connectivity index (χ3v) is 9.65. The van der Waals surface area contributed by atoms with Gasteiger partial charge >= 0.3 is 0 Å². The molecular weight excluding hydrogens is 543 g/mol. The molecule has 0 spiro atoms. The summed E-state index contributed by atoms with van der Waals surface area (Å²) >= 11 is 1.86. The quantitative estimate of drug-likeness (QED) is 0.210. The fourth-order valence-corrected chi connectivity index (χ4v) is 7.73. The van der Waals surface area contributed by atoms with Crippen LogP contribution >= 0.6 is 11.3 Å². The van der Waals surface area contributed by atoms with Crippen molar-refractivity contribution in [1.82, 2.24) is 0 Å². The molecule has 2 heterocycles. The van der Waals surface area contributed by atoms with Gasteiger partial charge in [0.2, 0.25) is 0 Å². The van der Waals surface area contributed by atoms with E-state index in [2.05, 4.69) is 157 Å². The van der Waals surface area contributed by atoms with Crippen LogP contribution in [0.5, 0.6) is 0 Å². The molecule has 0 atom stereocenters. The highest BCUT2D eigenvalue weighted by molar-refractivity contribution is 7.26. The number of para-hydroxylation sites is 2. The van der Waals surface area contributed by atoms with Gasteiger partial charge in [0, 0.05) is 37.5 Å². The van der Waals surface area contributed by atoms with Crippen molar-refractivity contribution in [2.75, 3.05) is 4.90 Å². The maximum Gasteiger partial charge on any atom is 0.136 e. The van der Waals surface area contributed by atoms with Crippen LogP contribution < -0.4 is 4.90 Å². The highest BCUT2D eigenvalue weighted by Crippen LogP contribution is 2.48. The summed E-state index contributed by atoms with van der Waals surface area (Å²) in [4.78, 5) is 2.42. The Morgan fingerprint density at radius 1 is 0.465 bits per heavy atom. The van der Waals surface area contributed by atoms with E-state index in [-0.39, 0.29) is 0 Å². The van der Waals surface area contributed by atoms with Crippen molar-refractivity contribution in [2.45, 2.75) is 0 Å². The number of rotatable bonds is 4. The SMILES string of the molecule is c1ccc(N(c2ccccc2-c2cccc3oc4cc5ccccc5cc4c23)c2cccc3c2sc2ccccc23)cc1. The van der Waals surface area contributed by atoms with Crippen LogP contribution in [0, 0.1) is 0 Å². The van der Waals surface area contributed by atoms with Crippen LogP contribution in [0.15, 0.2) is 156 Å². The van der Waals surface area contributed by atoms with E-state index >= 15 is 0 Å². The van der Waals surface area contributed by atoms with Crippen molar-refractivity contribution >= 4 is 81.3 Å². The normalized spacial score (nSPS) is 11.7. The van der Waals surface area contributed by atoms with Gasteiger partial charge < -0.3 is 9.32 Å². The predicted molar refractivity (Wildman–Crippen MR) is 184 cm³/mol. The highest BCUT2D eigenvalue weighted by atomic mass is 32.1. The first-order chi connectivity index (χ1) is 21.3. The largest absolute Gasteiger partial charge is 0.456 e. The van der Waals surface area contributed by atoms with Crippen LogP contribution in [0.25, 0.3) is 64.0 Å². The van der Waals surface area contributed by atoms with Crippen molar-refractivity contribution in [3.63, 3.8) is 0 Å². The van der Waals surface area contributed by atoms with E-state index in [1.807, 2.05) is 11.3 Å². The van der Waals surface area contributed by atoms with Crippen molar-refractivity contribution < 1.29 is 4.42 Å². The molecule has 2 nitrogen and oxygen atoms in total. The second-order valence-corrected chi connectivity index (χ2v) is 12.0. The minimum Gasteiger partial charge on any atom is -0.456 e. The van der Waals surface area contributed by atoms with Crippen LogP contribution in [0.2, 0.25) is 0 Å². The van der Waals surface area contributed by atoms with Gasteiger partial charge in [-0.1, -0.05) is 103 Å². The Morgan fingerprint density at radius 2 is 1.14 bits per heavy atom. The van der Waals surface area contributed by atoms with Gasteiger partial charge in [-0.3, -0.25) is 0 Å². The molecule has 0 N–H and O–H groups in total. The third kappa shape index (κ3) is 3.79. The Morgan fingerprint density at radius 3 is 2.05 bits per heavy atom. The lowest BCUT2D eigenvalue weighted by molar-refractivity contribution is 0.669. The van der Waals surface area contributed by atoms with Crippen molar-refractivity contribution in [3.8, 4) is 11.1 Å². The van der Waals surface area contributed by atoms with E-state index in [0.717, 1.165) is 44.4 Å². The Bertz CT molecular complexity index is 2470. The van der Waals surface area contributed by atoms with Crippen molar-refractivity contribution in [1.29, 1.82) is 0 Å². The van der Waals surface area contributed by atoms with Crippen LogP contribution in [0.4, 0.5) is 17.1 Å². The molecule has 0 fully saturated rings. The summed E-state index contributed by atoms with van der Waals surface area (Å²) in [6, 6.07) is 54.2. The molecule has 0 saturated heterocycles. The van der Waals surface area contributed by atoms with Gasteiger partial charge in [0.15, 0.2) is 0 Å². The molecule has 0 aliphatic heterocycles. The van der Waals surface area contributed by atoms with Crippen LogP contribution in [0.3, 0.4) is 0 Å². The number of hydrogen-bond acceptors (Lipinski definition) is 3. The zero-order chi connectivity index (χ0) is 28.3. The summed E-state index contributed by atoms with van der Waals surface area (Å²) in [6.45, 7) is 0. The number of fused-ring (bicyclic) bond motifs is 7. The average molecular weight is 568 g/mol. The lowest BCUT2D eigenvalue weighted by Crippen LogP contribution is -2.11. The molecule has 0 unspecified atom stereocenters. The molecule has 0 radical (unpaired) electrons. The monoisotopic (exact) mass is 567 g/mol. The topological polar surface area (TPSA) is 16.4 Å². The Hall–Kier alpha value is -5.38. The summed E-state index contributed by atoms with van der Waals surface area (Å²) in [5.41, 5.74) is 7.55. The van der Waals surface area contributed by atoms with E-state index in [1.165, 1.54) is 36.6 Å². The average Bonchev–Trinajstić information content (AvgIpc) is 3.63. The van der Waals surface area contributed by atoms with E-state index < -0.39 is 0 Å². The van der Waals surface area contributed by atoms with Crippen LogP contribution in [-0.4, -0.2) is 0 Å². The summed E-state index contributed by atoms with van der Waals surface area (Å²) in [6.07, 6.45) is 0. The predicted octanol–water partition coefficient (Wildman–Crippen LogP) is 12.2. The fourth-order valence-electron chi connectivity index (χ4n) is 6.53. The van der Waals surface area contributed by atoms with Gasteiger partial charge in [-0.2, -0.15) is 0 Å². The number of benzene rings is 7. The standard InChI is InChI=1S/C40H25NOS/c1-2-14-28(15-3-1)41(35-21-10-19-32-30-17-7-9-23-38(30)43-40(32)35)34-20-8-6-16-29(34)31-18-11-22-36-39(31)33-24-26-12-4-5-13-27(26)25-37(33)42-36/h1-25H.